The van der Waals surface area contributed by atoms with Crippen LogP contribution in [-0.2, 0) is 19.7 Å². The number of carbonyl (C=O) groups is 1. The van der Waals surface area contributed by atoms with E-state index in [9.17, 15) is 9.90 Å². The zero-order valence-corrected chi connectivity index (χ0v) is 16.9. The van der Waals surface area contributed by atoms with E-state index in [0.29, 0.717) is 19.6 Å². The molecule has 6 nitrogen and oxygen atoms in total. The van der Waals surface area contributed by atoms with Gasteiger partial charge in [0.25, 0.3) is 0 Å². The van der Waals surface area contributed by atoms with E-state index in [2.05, 4.69) is 34.5 Å². The third-order valence-corrected chi connectivity index (χ3v) is 6.34. The Morgan fingerprint density at radius 1 is 1.25 bits per heavy atom. The minimum atomic E-state index is -0.340. The van der Waals surface area contributed by atoms with Crippen molar-refractivity contribution in [3.63, 3.8) is 0 Å². The highest BCUT2D eigenvalue weighted by atomic mass is 16.5. The number of amides is 1. The number of nitrogens with zero attached hydrogens (tertiary/aromatic N) is 1. The van der Waals surface area contributed by atoms with Gasteiger partial charge in [0.05, 0.1) is 25.9 Å². The lowest BCUT2D eigenvalue weighted by molar-refractivity contribution is -0.122. The molecule has 1 aliphatic carbocycles. The van der Waals surface area contributed by atoms with E-state index in [4.69, 9.17) is 9.47 Å². The Kier molecular flexibility index (Phi) is 7.85. The van der Waals surface area contributed by atoms with Gasteiger partial charge in [0.15, 0.2) is 0 Å². The highest BCUT2D eigenvalue weighted by Crippen LogP contribution is 2.39. The molecule has 1 saturated heterocycles. The molecule has 0 bridgehead atoms. The fraction of sp³-hybridized carbons (Fsp3) is 0.682. The zero-order chi connectivity index (χ0) is 19.8. The maximum Gasteiger partial charge on any atom is 0.222 e. The second-order valence-electron chi connectivity index (χ2n) is 8.03. The van der Waals surface area contributed by atoms with Crippen molar-refractivity contribution in [3.8, 4) is 0 Å². The molecule has 1 amide bonds. The molecule has 28 heavy (non-hydrogen) atoms. The van der Waals surface area contributed by atoms with Crippen molar-refractivity contribution < 1.29 is 19.4 Å². The lowest BCUT2D eigenvalue weighted by Gasteiger charge is -2.37. The van der Waals surface area contributed by atoms with Crippen LogP contribution in [0, 0.1) is 0 Å². The van der Waals surface area contributed by atoms with Gasteiger partial charge in [-0.1, -0.05) is 30.3 Å². The summed E-state index contributed by atoms with van der Waals surface area (Å²) >= 11 is 0. The predicted octanol–water partition coefficient (Wildman–Crippen LogP) is 1.71. The number of hydrogen-bond acceptors (Lipinski definition) is 5. The van der Waals surface area contributed by atoms with Crippen molar-refractivity contribution in [2.24, 2.45) is 0 Å². The van der Waals surface area contributed by atoms with E-state index >= 15 is 0 Å². The summed E-state index contributed by atoms with van der Waals surface area (Å²) in [6, 6.07) is 10.6. The summed E-state index contributed by atoms with van der Waals surface area (Å²) in [6.45, 7) is 4.27. The van der Waals surface area contributed by atoms with Crippen molar-refractivity contribution in [3.05, 3.63) is 35.9 Å². The number of hydrogen-bond donors (Lipinski definition) is 2. The summed E-state index contributed by atoms with van der Waals surface area (Å²) in [5.41, 5.74) is 1.10. The first-order valence-corrected chi connectivity index (χ1v) is 10.5. The Labute approximate surface area is 168 Å². The molecule has 1 heterocycles. The molecule has 0 radical (unpaired) electrons. The number of ether oxygens (including phenoxy) is 2. The van der Waals surface area contributed by atoms with Crippen molar-refractivity contribution in [1.29, 1.82) is 0 Å². The number of methoxy groups -OCH3 is 1. The van der Waals surface area contributed by atoms with Crippen LogP contribution in [0.15, 0.2) is 30.3 Å². The van der Waals surface area contributed by atoms with Crippen molar-refractivity contribution >= 4 is 5.91 Å². The molecule has 0 spiro atoms. The van der Waals surface area contributed by atoms with Crippen LogP contribution >= 0.6 is 0 Å². The van der Waals surface area contributed by atoms with Crippen LogP contribution in [0.3, 0.4) is 0 Å². The Balaban J connectivity index is 1.74. The molecule has 156 valence electrons. The maximum absolute atomic E-state index is 12.2. The normalized spacial score (nSPS) is 29.2. The third-order valence-electron chi connectivity index (χ3n) is 6.34. The second-order valence-corrected chi connectivity index (χ2v) is 8.03. The van der Waals surface area contributed by atoms with Crippen LogP contribution in [-0.4, -0.2) is 74.6 Å². The SMILES string of the molecule is COCCC(=O)NC[C@]1(c2ccccc2)CC[C@@H](O)[C@H](N2CCOCC2)CC1. The lowest BCUT2D eigenvalue weighted by Crippen LogP contribution is -2.48. The fourth-order valence-electron chi connectivity index (χ4n) is 4.60. The van der Waals surface area contributed by atoms with Crippen LogP contribution in [0.1, 0.15) is 37.7 Å². The van der Waals surface area contributed by atoms with Gasteiger partial charge in [-0.25, -0.2) is 0 Å². The van der Waals surface area contributed by atoms with Crippen LogP contribution < -0.4 is 5.32 Å². The van der Waals surface area contributed by atoms with Gasteiger partial charge in [-0.15, -0.1) is 0 Å². The van der Waals surface area contributed by atoms with Gasteiger partial charge in [0.1, 0.15) is 0 Å². The second kappa shape index (κ2) is 10.3. The molecule has 1 aromatic carbocycles. The Bertz CT molecular complexity index is 606. The molecule has 3 atom stereocenters. The fourth-order valence-corrected chi connectivity index (χ4v) is 4.60. The predicted molar refractivity (Wildman–Crippen MR) is 108 cm³/mol. The van der Waals surface area contributed by atoms with Crippen molar-refractivity contribution in [2.75, 3.05) is 46.6 Å². The minimum absolute atomic E-state index is 0.0201. The maximum atomic E-state index is 12.2. The highest BCUT2D eigenvalue weighted by Gasteiger charge is 2.40. The standard InChI is InChI=1S/C22H34N2O4/c1-27-14-9-21(26)23-17-22(18-5-3-2-4-6-18)10-7-19(20(25)8-11-22)24-12-15-28-16-13-24/h2-6,19-20,25H,7-17H2,1H3,(H,23,26)/t19-,20-,22-/m1/s1. The first kappa shape index (κ1) is 21.2. The average molecular weight is 391 g/mol. The smallest absolute Gasteiger partial charge is 0.222 e. The summed E-state index contributed by atoms with van der Waals surface area (Å²) in [5.74, 6) is 0.0201. The Hall–Kier alpha value is -1.47. The number of aliphatic hydroxyl groups is 1. The summed E-state index contributed by atoms with van der Waals surface area (Å²) < 4.78 is 10.5. The van der Waals surface area contributed by atoms with Gasteiger partial charge in [0, 0.05) is 44.6 Å². The van der Waals surface area contributed by atoms with Gasteiger partial charge >= 0.3 is 0 Å². The number of rotatable bonds is 7. The molecule has 1 aromatic rings. The van der Waals surface area contributed by atoms with E-state index in [-0.39, 0.29) is 23.5 Å². The first-order chi connectivity index (χ1) is 13.6. The highest BCUT2D eigenvalue weighted by molar-refractivity contribution is 5.76. The largest absolute Gasteiger partial charge is 0.391 e. The number of nitrogens with one attached hydrogen (secondary N) is 1. The molecule has 2 N–H and O–H groups in total. The summed E-state index contributed by atoms with van der Waals surface area (Å²) in [5, 5.41) is 14.0. The molecule has 3 rings (SSSR count). The van der Waals surface area contributed by atoms with E-state index < -0.39 is 0 Å². The molecule has 0 unspecified atom stereocenters. The molecule has 2 fully saturated rings. The van der Waals surface area contributed by atoms with Crippen LogP contribution in [0.25, 0.3) is 0 Å². The number of aliphatic hydroxyl groups excluding tert-OH is 1. The van der Waals surface area contributed by atoms with Crippen molar-refractivity contribution in [2.45, 2.75) is 49.7 Å². The molecule has 1 saturated carbocycles. The summed E-state index contributed by atoms with van der Waals surface area (Å²) in [4.78, 5) is 14.6. The van der Waals surface area contributed by atoms with Crippen LogP contribution in [0.5, 0.6) is 0 Å². The van der Waals surface area contributed by atoms with Gasteiger partial charge in [0.2, 0.25) is 5.91 Å². The monoisotopic (exact) mass is 390 g/mol. The molecule has 2 aliphatic rings. The van der Waals surface area contributed by atoms with Crippen LogP contribution in [0.2, 0.25) is 0 Å². The molecular weight excluding hydrogens is 356 g/mol. The van der Waals surface area contributed by atoms with Crippen LogP contribution in [0.4, 0.5) is 0 Å². The average Bonchev–Trinajstić information content (AvgIpc) is 2.92. The van der Waals surface area contributed by atoms with Gasteiger partial charge in [-0.2, -0.15) is 0 Å². The molecule has 1 aliphatic heterocycles. The first-order valence-electron chi connectivity index (χ1n) is 10.5. The molecular formula is C22H34N2O4. The van der Waals surface area contributed by atoms with Crippen molar-refractivity contribution in [1.82, 2.24) is 10.2 Å². The topological polar surface area (TPSA) is 71.0 Å². The Morgan fingerprint density at radius 3 is 2.68 bits per heavy atom. The number of carbonyl (C=O) groups excluding carboxylic acids is 1. The summed E-state index contributed by atoms with van der Waals surface area (Å²) in [7, 11) is 1.61. The van der Waals surface area contributed by atoms with Gasteiger partial charge < -0.3 is 19.9 Å². The zero-order valence-electron chi connectivity index (χ0n) is 16.9. The lowest BCUT2D eigenvalue weighted by atomic mass is 9.74. The minimum Gasteiger partial charge on any atom is -0.391 e. The van der Waals surface area contributed by atoms with E-state index in [1.165, 1.54) is 5.56 Å². The van der Waals surface area contributed by atoms with E-state index in [1.807, 2.05) is 6.07 Å². The Morgan fingerprint density at radius 2 is 1.96 bits per heavy atom. The van der Waals surface area contributed by atoms with E-state index in [1.54, 1.807) is 7.11 Å². The molecule has 6 heteroatoms. The number of benzene rings is 1. The summed E-state index contributed by atoms with van der Waals surface area (Å²) in [6.07, 6.45) is 3.51. The molecule has 0 aromatic heterocycles. The quantitative estimate of drug-likeness (QED) is 0.694. The van der Waals surface area contributed by atoms with Gasteiger partial charge in [-0.3, -0.25) is 9.69 Å². The van der Waals surface area contributed by atoms with E-state index in [0.717, 1.165) is 52.0 Å². The number of morpholine rings is 1. The van der Waals surface area contributed by atoms with Gasteiger partial charge in [-0.05, 0) is 31.2 Å². The third kappa shape index (κ3) is 5.32.